The van der Waals surface area contributed by atoms with Crippen LogP contribution in [0, 0.1) is 17.8 Å². The maximum absolute atomic E-state index is 12.3. The van der Waals surface area contributed by atoms with Crippen LogP contribution in [0.15, 0.2) is 48.5 Å². The minimum Gasteiger partial charge on any atom is -0.325 e. The molecular formula is C25H28ClNOS. The second-order valence-electron chi connectivity index (χ2n) is 9.45. The average molecular weight is 426 g/mol. The summed E-state index contributed by atoms with van der Waals surface area (Å²) in [6.07, 6.45) is 8.56. The molecule has 4 fully saturated rings. The van der Waals surface area contributed by atoms with Crippen LogP contribution >= 0.6 is 23.4 Å². The first-order valence-electron chi connectivity index (χ1n) is 10.8. The third-order valence-electron chi connectivity index (χ3n) is 7.21. The number of thioether (sulfide) groups is 1. The van der Waals surface area contributed by atoms with Gasteiger partial charge >= 0.3 is 0 Å². The lowest BCUT2D eigenvalue weighted by Crippen LogP contribution is -2.48. The zero-order chi connectivity index (χ0) is 19.8. The number of hydrogen-bond donors (Lipinski definition) is 1. The van der Waals surface area contributed by atoms with E-state index in [-0.39, 0.29) is 5.91 Å². The summed E-state index contributed by atoms with van der Waals surface area (Å²) in [6.45, 7) is 0. The Kier molecular flexibility index (Phi) is 5.38. The van der Waals surface area contributed by atoms with Crippen LogP contribution in [-0.4, -0.2) is 11.7 Å². The number of hydrogen-bond acceptors (Lipinski definition) is 2. The summed E-state index contributed by atoms with van der Waals surface area (Å²) in [5.74, 6) is 4.16. The zero-order valence-electron chi connectivity index (χ0n) is 16.7. The van der Waals surface area contributed by atoms with Gasteiger partial charge < -0.3 is 5.32 Å². The van der Waals surface area contributed by atoms with Crippen molar-refractivity contribution in [1.29, 1.82) is 0 Å². The molecule has 0 radical (unpaired) electrons. The molecule has 4 heteroatoms. The Bertz CT molecular complexity index is 859. The van der Waals surface area contributed by atoms with E-state index < -0.39 is 0 Å². The maximum atomic E-state index is 12.3. The minimum atomic E-state index is 0.0552. The van der Waals surface area contributed by atoms with Gasteiger partial charge in [0.05, 0.1) is 5.75 Å². The molecule has 2 aromatic rings. The Morgan fingerprint density at radius 2 is 1.66 bits per heavy atom. The highest BCUT2D eigenvalue weighted by Gasteiger charge is 2.51. The summed E-state index contributed by atoms with van der Waals surface area (Å²) >= 11 is 7.63. The normalized spacial score (nSPS) is 29.8. The summed E-state index contributed by atoms with van der Waals surface area (Å²) in [7, 11) is 0. The van der Waals surface area contributed by atoms with Crippen molar-refractivity contribution in [3.8, 4) is 0 Å². The van der Waals surface area contributed by atoms with Crippen LogP contribution in [0.4, 0.5) is 5.69 Å². The van der Waals surface area contributed by atoms with Crippen LogP contribution < -0.4 is 5.32 Å². The van der Waals surface area contributed by atoms with E-state index in [1.807, 2.05) is 24.3 Å². The van der Waals surface area contributed by atoms with Crippen LogP contribution in [0.2, 0.25) is 5.02 Å². The second kappa shape index (κ2) is 8.00. The van der Waals surface area contributed by atoms with E-state index in [9.17, 15) is 4.79 Å². The molecule has 2 aromatic carbocycles. The Hall–Kier alpha value is -1.45. The van der Waals surface area contributed by atoms with Crippen LogP contribution in [-0.2, 0) is 16.0 Å². The molecule has 0 aliphatic heterocycles. The zero-order valence-corrected chi connectivity index (χ0v) is 18.3. The third-order valence-corrected chi connectivity index (χ3v) is 8.45. The van der Waals surface area contributed by atoms with Gasteiger partial charge in [0.1, 0.15) is 0 Å². The summed E-state index contributed by atoms with van der Waals surface area (Å²) < 4.78 is 0. The third kappa shape index (κ3) is 4.22. The van der Waals surface area contributed by atoms with Gasteiger partial charge in [-0.2, -0.15) is 0 Å². The molecule has 1 N–H and O–H groups in total. The molecule has 0 spiro atoms. The molecular weight excluding hydrogens is 398 g/mol. The molecule has 0 unspecified atom stereocenters. The maximum Gasteiger partial charge on any atom is 0.234 e. The first-order valence-corrected chi connectivity index (χ1v) is 12.3. The van der Waals surface area contributed by atoms with Gasteiger partial charge in [-0.1, -0.05) is 35.9 Å². The van der Waals surface area contributed by atoms with Gasteiger partial charge in [-0.05, 0) is 97.1 Å². The Balaban J connectivity index is 1.16. The van der Waals surface area contributed by atoms with Crippen LogP contribution in [0.5, 0.6) is 0 Å². The fourth-order valence-corrected chi connectivity index (χ4v) is 7.44. The predicted octanol–water partition coefficient (Wildman–Crippen LogP) is 6.68. The van der Waals surface area contributed by atoms with Crippen molar-refractivity contribution in [2.24, 2.45) is 17.8 Å². The Morgan fingerprint density at radius 1 is 1.00 bits per heavy atom. The molecule has 4 saturated carbocycles. The number of anilines is 1. The van der Waals surface area contributed by atoms with Crippen LogP contribution in [0.25, 0.3) is 0 Å². The van der Waals surface area contributed by atoms with Crippen molar-refractivity contribution in [2.45, 2.75) is 49.7 Å². The van der Waals surface area contributed by atoms with Gasteiger partial charge in [0.25, 0.3) is 0 Å². The smallest absolute Gasteiger partial charge is 0.234 e. The molecule has 29 heavy (non-hydrogen) atoms. The van der Waals surface area contributed by atoms with Gasteiger partial charge in [0, 0.05) is 16.5 Å². The average Bonchev–Trinajstić information content (AvgIpc) is 2.67. The quantitative estimate of drug-likeness (QED) is 0.559. The molecule has 0 heterocycles. The van der Waals surface area contributed by atoms with E-state index in [0.717, 1.165) is 39.8 Å². The first kappa shape index (κ1) is 19.5. The highest BCUT2D eigenvalue weighted by Crippen LogP contribution is 2.60. The standard InChI is InChI=1S/C25H28ClNOS/c26-22-3-1-2-17(11-22)15-29-16-24(28)27-23-6-4-21(5-7-23)25-12-18-8-19(13-25)10-20(9-18)14-25/h1-7,11,18-20H,8-10,12-16H2,(H,27,28). The van der Waals surface area contributed by atoms with Crippen molar-refractivity contribution in [2.75, 3.05) is 11.1 Å². The van der Waals surface area contributed by atoms with Gasteiger partial charge in [0.2, 0.25) is 5.91 Å². The van der Waals surface area contributed by atoms with Crippen LogP contribution in [0.3, 0.4) is 0 Å². The summed E-state index contributed by atoms with van der Waals surface area (Å²) in [5, 5.41) is 3.80. The predicted molar refractivity (Wildman–Crippen MR) is 123 cm³/mol. The number of amides is 1. The Labute approximate surface area is 182 Å². The van der Waals surface area contributed by atoms with E-state index >= 15 is 0 Å². The lowest BCUT2D eigenvalue weighted by Gasteiger charge is -2.57. The molecule has 152 valence electrons. The van der Waals surface area contributed by atoms with Gasteiger partial charge in [0.15, 0.2) is 0 Å². The van der Waals surface area contributed by atoms with E-state index in [1.165, 1.54) is 44.1 Å². The lowest BCUT2D eigenvalue weighted by molar-refractivity contribution is -0.113. The van der Waals surface area contributed by atoms with E-state index in [0.29, 0.717) is 11.2 Å². The molecule has 2 nitrogen and oxygen atoms in total. The van der Waals surface area contributed by atoms with Crippen LogP contribution in [0.1, 0.15) is 49.7 Å². The highest BCUT2D eigenvalue weighted by molar-refractivity contribution is 7.99. The van der Waals surface area contributed by atoms with Crippen molar-refractivity contribution >= 4 is 35.0 Å². The first-order chi connectivity index (χ1) is 14.1. The van der Waals surface area contributed by atoms with E-state index in [2.05, 4.69) is 29.6 Å². The number of carbonyl (C=O) groups is 1. The largest absolute Gasteiger partial charge is 0.325 e. The SMILES string of the molecule is O=C(CSCc1cccc(Cl)c1)Nc1ccc(C23CC4CC(CC(C4)C2)C3)cc1. The lowest BCUT2D eigenvalue weighted by atomic mass is 9.48. The van der Waals surface area contributed by atoms with Crippen molar-refractivity contribution in [3.63, 3.8) is 0 Å². The number of nitrogens with one attached hydrogen (secondary N) is 1. The number of halogens is 1. The van der Waals surface area contributed by atoms with Gasteiger partial charge in [-0.25, -0.2) is 0 Å². The fraction of sp³-hybridized carbons (Fsp3) is 0.480. The molecule has 0 aromatic heterocycles. The molecule has 1 amide bonds. The van der Waals surface area contributed by atoms with Crippen molar-refractivity contribution in [3.05, 3.63) is 64.7 Å². The molecule has 4 aliphatic rings. The van der Waals surface area contributed by atoms with Gasteiger partial charge in [-0.3, -0.25) is 4.79 Å². The molecule has 0 atom stereocenters. The second-order valence-corrected chi connectivity index (χ2v) is 10.9. The summed E-state index contributed by atoms with van der Waals surface area (Å²) in [5.41, 5.74) is 3.98. The topological polar surface area (TPSA) is 29.1 Å². The number of carbonyl (C=O) groups excluding carboxylic acids is 1. The number of rotatable bonds is 6. The Morgan fingerprint density at radius 3 is 2.28 bits per heavy atom. The summed E-state index contributed by atoms with van der Waals surface area (Å²) in [6, 6.07) is 16.6. The molecule has 6 rings (SSSR count). The highest BCUT2D eigenvalue weighted by atomic mass is 35.5. The summed E-state index contributed by atoms with van der Waals surface area (Å²) in [4.78, 5) is 12.3. The molecule has 4 aliphatic carbocycles. The van der Waals surface area contributed by atoms with Gasteiger partial charge in [-0.15, -0.1) is 11.8 Å². The molecule has 0 saturated heterocycles. The van der Waals surface area contributed by atoms with Crippen molar-refractivity contribution in [1.82, 2.24) is 0 Å². The van der Waals surface area contributed by atoms with Crippen molar-refractivity contribution < 1.29 is 4.79 Å². The molecule has 4 bridgehead atoms. The fourth-order valence-electron chi connectivity index (χ4n) is 6.46. The minimum absolute atomic E-state index is 0.0552. The number of benzene rings is 2. The van der Waals surface area contributed by atoms with E-state index in [4.69, 9.17) is 11.6 Å². The van der Waals surface area contributed by atoms with E-state index in [1.54, 1.807) is 11.8 Å². The monoisotopic (exact) mass is 425 g/mol.